The van der Waals surface area contributed by atoms with E-state index in [1.165, 1.54) is 23.8 Å². The number of amides is 1. The molecule has 5 heteroatoms. The first-order valence-electron chi connectivity index (χ1n) is 7.41. The number of rotatable bonds is 6. The molecular formula is C18H20BrFN2O. The zero-order valence-corrected chi connectivity index (χ0v) is 14.8. The molecule has 1 amide bonds. The van der Waals surface area contributed by atoms with Crippen molar-refractivity contribution < 1.29 is 9.18 Å². The molecule has 0 spiro atoms. The number of nitrogens with one attached hydrogen (secondary N) is 1. The predicted molar refractivity (Wildman–Crippen MR) is 94.1 cm³/mol. The van der Waals surface area contributed by atoms with Crippen LogP contribution in [0.5, 0.6) is 0 Å². The Bertz CT molecular complexity index is 661. The monoisotopic (exact) mass is 378 g/mol. The fourth-order valence-corrected chi connectivity index (χ4v) is 2.83. The Balaban J connectivity index is 1.99. The molecule has 1 N–H and O–H groups in total. The van der Waals surface area contributed by atoms with Gasteiger partial charge in [0.05, 0.1) is 5.56 Å². The van der Waals surface area contributed by atoms with Gasteiger partial charge in [0.25, 0.3) is 5.91 Å². The second kappa shape index (κ2) is 8.22. The second-order valence-electron chi connectivity index (χ2n) is 5.64. The van der Waals surface area contributed by atoms with Crippen molar-refractivity contribution in [3.05, 3.63) is 69.9 Å². The third-order valence-corrected chi connectivity index (χ3v) is 4.37. The molecule has 0 aliphatic heterocycles. The van der Waals surface area contributed by atoms with Crippen molar-refractivity contribution in [2.24, 2.45) is 0 Å². The number of hydrogen-bond donors (Lipinski definition) is 1. The maximum absolute atomic E-state index is 13.1. The summed E-state index contributed by atoms with van der Waals surface area (Å²) in [5, 5.41) is 2.93. The van der Waals surface area contributed by atoms with E-state index in [4.69, 9.17) is 0 Å². The molecule has 2 rings (SSSR count). The first-order valence-corrected chi connectivity index (χ1v) is 8.20. The van der Waals surface area contributed by atoms with Crippen LogP contribution in [0.1, 0.15) is 15.9 Å². The minimum absolute atomic E-state index is 0.181. The molecule has 23 heavy (non-hydrogen) atoms. The maximum atomic E-state index is 13.1. The number of likely N-dealkylation sites (N-methyl/N-ethyl adjacent to an activating group) is 1. The van der Waals surface area contributed by atoms with Gasteiger partial charge >= 0.3 is 0 Å². The Labute approximate surface area is 144 Å². The molecular weight excluding hydrogens is 359 g/mol. The lowest BCUT2D eigenvalue weighted by molar-refractivity contribution is 0.0941. The van der Waals surface area contributed by atoms with E-state index >= 15 is 0 Å². The van der Waals surface area contributed by atoms with Crippen LogP contribution < -0.4 is 5.32 Å². The lowest BCUT2D eigenvalue weighted by Crippen LogP contribution is -2.41. The highest BCUT2D eigenvalue weighted by Crippen LogP contribution is 2.18. The van der Waals surface area contributed by atoms with Crippen LogP contribution >= 0.6 is 15.9 Å². The number of carbonyl (C=O) groups is 1. The molecule has 0 radical (unpaired) electrons. The van der Waals surface area contributed by atoms with Crippen LogP contribution in [-0.4, -0.2) is 37.5 Å². The third-order valence-electron chi connectivity index (χ3n) is 3.72. The topological polar surface area (TPSA) is 32.3 Å². The van der Waals surface area contributed by atoms with Gasteiger partial charge in [0.1, 0.15) is 5.82 Å². The van der Waals surface area contributed by atoms with Gasteiger partial charge in [-0.15, -0.1) is 0 Å². The summed E-state index contributed by atoms with van der Waals surface area (Å²) < 4.78 is 13.6. The second-order valence-corrected chi connectivity index (χ2v) is 6.50. The fraction of sp³-hybridized carbons (Fsp3) is 0.278. The Morgan fingerprint density at radius 1 is 1.22 bits per heavy atom. The first-order chi connectivity index (χ1) is 11.0. The molecule has 0 saturated carbocycles. The molecule has 2 aromatic rings. The van der Waals surface area contributed by atoms with Crippen LogP contribution in [-0.2, 0) is 6.42 Å². The summed E-state index contributed by atoms with van der Waals surface area (Å²) in [5.74, 6) is -0.583. The summed E-state index contributed by atoms with van der Waals surface area (Å²) in [5.41, 5.74) is 1.66. The van der Waals surface area contributed by atoms with E-state index < -0.39 is 0 Å². The van der Waals surface area contributed by atoms with Gasteiger partial charge in [-0.25, -0.2) is 4.39 Å². The van der Waals surface area contributed by atoms with Crippen LogP contribution in [0, 0.1) is 5.82 Å². The van der Waals surface area contributed by atoms with Crippen molar-refractivity contribution in [3.63, 3.8) is 0 Å². The summed E-state index contributed by atoms with van der Waals surface area (Å²) >= 11 is 3.23. The predicted octanol–water partition coefficient (Wildman–Crippen LogP) is 3.49. The quantitative estimate of drug-likeness (QED) is 0.834. The lowest BCUT2D eigenvalue weighted by Gasteiger charge is -2.25. The number of benzene rings is 2. The number of halogens is 2. The number of carbonyl (C=O) groups excluding carboxylic acids is 1. The number of nitrogens with zero attached hydrogens (tertiary/aromatic N) is 1. The highest BCUT2D eigenvalue weighted by molar-refractivity contribution is 9.10. The van der Waals surface area contributed by atoms with Crippen molar-refractivity contribution in [2.75, 3.05) is 20.6 Å². The first kappa shape index (κ1) is 17.6. The van der Waals surface area contributed by atoms with Gasteiger partial charge in [0.15, 0.2) is 0 Å². The van der Waals surface area contributed by atoms with Gasteiger partial charge in [-0.05, 0) is 60.2 Å². The van der Waals surface area contributed by atoms with Crippen LogP contribution in [0.4, 0.5) is 4.39 Å². The highest BCUT2D eigenvalue weighted by Gasteiger charge is 2.16. The molecule has 0 unspecified atom stereocenters. The number of hydrogen-bond acceptors (Lipinski definition) is 2. The molecule has 1 atom stereocenters. The molecule has 0 aliphatic carbocycles. The third kappa shape index (κ3) is 5.15. The van der Waals surface area contributed by atoms with Crippen molar-refractivity contribution in [2.45, 2.75) is 12.5 Å². The Morgan fingerprint density at radius 3 is 2.52 bits per heavy atom. The van der Waals surface area contributed by atoms with Gasteiger partial charge in [0.2, 0.25) is 0 Å². The average molecular weight is 379 g/mol. The van der Waals surface area contributed by atoms with Crippen LogP contribution in [0.2, 0.25) is 0 Å². The smallest absolute Gasteiger partial charge is 0.252 e. The SMILES string of the molecule is CN(C)[C@H](CNC(=O)c1ccc(F)cc1Br)Cc1ccccc1. The Morgan fingerprint density at radius 2 is 1.91 bits per heavy atom. The zero-order valence-electron chi connectivity index (χ0n) is 13.2. The Kier molecular flexibility index (Phi) is 6.30. The molecule has 3 nitrogen and oxygen atoms in total. The van der Waals surface area contributed by atoms with Crippen molar-refractivity contribution >= 4 is 21.8 Å². The van der Waals surface area contributed by atoms with Crippen molar-refractivity contribution in [1.82, 2.24) is 10.2 Å². The molecule has 122 valence electrons. The fourth-order valence-electron chi connectivity index (χ4n) is 2.30. The minimum atomic E-state index is -0.372. The molecule has 2 aromatic carbocycles. The molecule has 0 aliphatic rings. The lowest BCUT2D eigenvalue weighted by atomic mass is 10.0. The largest absolute Gasteiger partial charge is 0.350 e. The van der Waals surface area contributed by atoms with Crippen molar-refractivity contribution in [1.29, 1.82) is 0 Å². The maximum Gasteiger partial charge on any atom is 0.252 e. The summed E-state index contributed by atoms with van der Waals surface area (Å²) in [6.07, 6.45) is 0.846. The van der Waals surface area contributed by atoms with Gasteiger partial charge in [-0.2, -0.15) is 0 Å². The van der Waals surface area contributed by atoms with Crippen LogP contribution in [0.25, 0.3) is 0 Å². The van der Waals surface area contributed by atoms with E-state index in [-0.39, 0.29) is 17.8 Å². The van der Waals surface area contributed by atoms with E-state index in [1.807, 2.05) is 32.3 Å². The molecule has 0 aromatic heterocycles. The molecule has 0 saturated heterocycles. The average Bonchev–Trinajstić information content (AvgIpc) is 2.51. The van der Waals surface area contributed by atoms with Gasteiger partial charge in [-0.1, -0.05) is 30.3 Å². The van der Waals surface area contributed by atoms with E-state index in [0.29, 0.717) is 16.6 Å². The molecule has 0 fully saturated rings. The normalized spacial score (nSPS) is 12.2. The van der Waals surface area contributed by atoms with Crippen molar-refractivity contribution in [3.8, 4) is 0 Å². The molecule has 0 bridgehead atoms. The summed E-state index contributed by atoms with van der Waals surface area (Å²) in [7, 11) is 3.99. The summed E-state index contributed by atoms with van der Waals surface area (Å²) in [6, 6.07) is 14.4. The van der Waals surface area contributed by atoms with Gasteiger partial charge in [-0.3, -0.25) is 4.79 Å². The van der Waals surface area contributed by atoms with E-state index in [2.05, 4.69) is 38.3 Å². The van der Waals surface area contributed by atoms with Crippen LogP contribution in [0.3, 0.4) is 0 Å². The zero-order chi connectivity index (χ0) is 16.8. The summed E-state index contributed by atoms with van der Waals surface area (Å²) in [4.78, 5) is 14.4. The van der Waals surface area contributed by atoms with E-state index in [1.54, 1.807) is 0 Å². The molecule has 0 heterocycles. The Hall–Kier alpha value is -1.72. The van der Waals surface area contributed by atoms with E-state index in [0.717, 1.165) is 6.42 Å². The van der Waals surface area contributed by atoms with E-state index in [9.17, 15) is 9.18 Å². The minimum Gasteiger partial charge on any atom is -0.350 e. The van der Waals surface area contributed by atoms with Gasteiger partial charge in [0, 0.05) is 17.1 Å². The standard InChI is InChI=1S/C18H20BrFN2O/c1-22(2)15(10-13-6-4-3-5-7-13)12-21-18(23)16-9-8-14(20)11-17(16)19/h3-9,11,15H,10,12H2,1-2H3,(H,21,23)/t15-/m0/s1. The van der Waals surface area contributed by atoms with Crippen LogP contribution in [0.15, 0.2) is 53.0 Å². The summed E-state index contributed by atoms with van der Waals surface area (Å²) in [6.45, 7) is 0.518. The highest BCUT2D eigenvalue weighted by atomic mass is 79.9. The van der Waals surface area contributed by atoms with Gasteiger partial charge < -0.3 is 10.2 Å².